The minimum absolute atomic E-state index is 0.0460. The second-order valence-corrected chi connectivity index (χ2v) is 9.77. The Morgan fingerprint density at radius 3 is 2.20 bits per heavy atom. The van der Waals surface area contributed by atoms with Gasteiger partial charge in [0.1, 0.15) is 0 Å². The Bertz CT molecular complexity index is 369. The molecule has 0 aliphatic carbocycles. The van der Waals surface area contributed by atoms with Crippen LogP contribution in [0.25, 0.3) is 0 Å². The van der Waals surface area contributed by atoms with Gasteiger partial charge in [0, 0.05) is 0 Å². The van der Waals surface area contributed by atoms with Gasteiger partial charge in [-0.2, -0.15) is 0 Å². The van der Waals surface area contributed by atoms with E-state index in [-0.39, 0.29) is 6.04 Å². The molecule has 0 bridgehead atoms. The highest BCUT2D eigenvalue weighted by molar-refractivity contribution is 6.83. The summed E-state index contributed by atoms with van der Waals surface area (Å²) >= 11 is 0. The molecule has 2 N–H and O–H groups in total. The predicted octanol–water partition coefficient (Wildman–Crippen LogP) is 3.28. The van der Waals surface area contributed by atoms with Gasteiger partial charge in [-0.15, -0.1) is 5.73 Å². The van der Waals surface area contributed by atoms with E-state index in [0.717, 1.165) is 5.56 Å². The van der Waals surface area contributed by atoms with Crippen molar-refractivity contribution in [1.29, 1.82) is 0 Å². The zero-order valence-electron chi connectivity index (χ0n) is 9.75. The topological polar surface area (TPSA) is 26.0 Å². The highest BCUT2D eigenvalue weighted by atomic mass is 28.3. The molecule has 1 rings (SSSR count). The lowest BCUT2D eigenvalue weighted by atomic mass is 10.1. The Labute approximate surface area is 93.3 Å². The van der Waals surface area contributed by atoms with E-state index in [2.05, 4.69) is 44.1 Å². The molecule has 1 atom stereocenters. The summed E-state index contributed by atoms with van der Waals surface area (Å²) in [6.45, 7) is 10.6. The molecule has 0 radical (unpaired) electrons. The van der Waals surface area contributed by atoms with Crippen molar-refractivity contribution in [2.24, 2.45) is 5.73 Å². The molecule has 0 aliphatic heterocycles. The predicted molar refractivity (Wildman–Crippen MR) is 69.4 cm³/mol. The van der Waals surface area contributed by atoms with Crippen molar-refractivity contribution in [2.75, 3.05) is 0 Å². The van der Waals surface area contributed by atoms with Crippen molar-refractivity contribution in [1.82, 2.24) is 0 Å². The molecule has 0 aromatic heterocycles. The lowest BCUT2D eigenvalue weighted by Gasteiger charge is -2.24. The number of benzene rings is 1. The Morgan fingerprint density at radius 1 is 1.27 bits per heavy atom. The molecule has 2 heteroatoms. The van der Waals surface area contributed by atoms with Crippen molar-refractivity contribution < 1.29 is 0 Å². The minimum atomic E-state index is -1.41. The Balaban J connectivity index is 3.05. The summed E-state index contributed by atoms with van der Waals surface area (Å²) in [5.74, 6) is 0. The summed E-state index contributed by atoms with van der Waals surface area (Å²) in [6, 6.07) is 10.1. The van der Waals surface area contributed by atoms with E-state index in [1.54, 1.807) is 0 Å². The number of hydrogen-bond acceptors (Lipinski definition) is 1. The molecule has 0 amide bonds. The van der Waals surface area contributed by atoms with Gasteiger partial charge in [-0.1, -0.05) is 56.6 Å². The number of nitrogens with two attached hydrogens (primary N) is 1. The van der Waals surface area contributed by atoms with Crippen molar-refractivity contribution in [3.63, 3.8) is 0 Å². The van der Waals surface area contributed by atoms with E-state index < -0.39 is 8.07 Å². The van der Waals surface area contributed by atoms with Crippen LogP contribution in [0.3, 0.4) is 0 Å². The quantitative estimate of drug-likeness (QED) is 0.610. The lowest BCUT2D eigenvalue weighted by Crippen LogP contribution is -2.31. The van der Waals surface area contributed by atoms with Crippen LogP contribution in [0.5, 0.6) is 0 Å². The third-order valence-corrected chi connectivity index (χ3v) is 4.57. The average molecular weight is 217 g/mol. The summed E-state index contributed by atoms with van der Waals surface area (Å²) in [4.78, 5) is 0. The van der Waals surface area contributed by atoms with Gasteiger partial charge in [-0.05, 0) is 10.8 Å². The van der Waals surface area contributed by atoms with E-state index in [9.17, 15) is 0 Å². The minimum Gasteiger partial charge on any atom is -0.320 e. The molecule has 1 aromatic carbocycles. The van der Waals surface area contributed by atoms with Gasteiger partial charge in [0.15, 0.2) is 0 Å². The van der Waals surface area contributed by atoms with E-state index in [1.807, 2.05) is 18.2 Å². The molecular formula is C13H19NSi. The maximum Gasteiger partial charge on any atom is 0.0848 e. The Kier molecular flexibility index (Phi) is 3.70. The highest BCUT2D eigenvalue weighted by Gasteiger charge is 2.25. The first-order valence-electron chi connectivity index (χ1n) is 5.17. The molecule has 0 heterocycles. The molecule has 0 saturated carbocycles. The van der Waals surface area contributed by atoms with Crippen LogP contribution in [0, 0.1) is 0 Å². The molecule has 1 aromatic rings. The third kappa shape index (κ3) is 2.93. The summed E-state index contributed by atoms with van der Waals surface area (Å²) in [5, 5.41) is 1.19. The average Bonchev–Trinajstić information content (AvgIpc) is 2.18. The maximum absolute atomic E-state index is 6.23. The molecule has 1 nitrogen and oxygen atoms in total. The van der Waals surface area contributed by atoms with E-state index in [0.29, 0.717) is 0 Å². The van der Waals surface area contributed by atoms with Crippen molar-refractivity contribution >= 4 is 8.07 Å². The molecule has 0 spiro atoms. The van der Waals surface area contributed by atoms with Gasteiger partial charge in [-0.25, -0.2) is 0 Å². The first-order chi connectivity index (χ1) is 6.96. The Morgan fingerprint density at radius 2 is 1.80 bits per heavy atom. The maximum atomic E-state index is 6.23. The van der Waals surface area contributed by atoms with Crippen LogP contribution < -0.4 is 5.73 Å². The first-order valence-corrected chi connectivity index (χ1v) is 8.67. The van der Waals surface area contributed by atoms with Crippen LogP contribution in [0.15, 0.2) is 47.8 Å². The molecule has 0 saturated heterocycles. The van der Waals surface area contributed by atoms with Crippen LogP contribution in [0.4, 0.5) is 0 Å². The van der Waals surface area contributed by atoms with Gasteiger partial charge >= 0.3 is 0 Å². The van der Waals surface area contributed by atoms with Crippen molar-refractivity contribution in [3.8, 4) is 0 Å². The molecule has 80 valence electrons. The lowest BCUT2D eigenvalue weighted by molar-refractivity contribution is 0.884. The largest absolute Gasteiger partial charge is 0.320 e. The van der Waals surface area contributed by atoms with Crippen LogP contribution in [0.1, 0.15) is 11.6 Å². The van der Waals surface area contributed by atoms with E-state index in [1.165, 1.54) is 5.20 Å². The normalized spacial score (nSPS) is 13.1. The number of hydrogen-bond donors (Lipinski definition) is 1. The smallest absolute Gasteiger partial charge is 0.0848 e. The molecule has 0 fully saturated rings. The zero-order valence-corrected chi connectivity index (χ0v) is 10.7. The van der Waals surface area contributed by atoms with Crippen LogP contribution in [0.2, 0.25) is 19.6 Å². The van der Waals surface area contributed by atoms with Gasteiger partial charge in [0.05, 0.1) is 14.1 Å². The fraction of sp³-hybridized carbons (Fsp3) is 0.308. The van der Waals surface area contributed by atoms with Gasteiger partial charge in [0.25, 0.3) is 0 Å². The van der Waals surface area contributed by atoms with Crippen molar-refractivity contribution in [3.05, 3.63) is 53.4 Å². The fourth-order valence-corrected chi connectivity index (χ4v) is 3.30. The van der Waals surface area contributed by atoms with Gasteiger partial charge in [-0.3, -0.25) is 0 Å². The van der Waals surface area contributed by atoms with Gasteiger partial charge in [0.2, 0.25) is 0 Å². The highest BCUT2D eigenvalue weighted by Crippen LogP contribution is 2.25. The fourth-order valence-electron chi connectivity index (χ4n) is 1.67. The second kappa shape index (κ2) is 4.62. The van der Waals surface area contributed by atoms with Crippen LogP contribution in [-0.4, -0.2) is 8.07 Å². The number of rotatable bonds is 3. The SMILES string of the molecule is C=C=C([C@@H](N)c1ccccc1)[Si](C)(C)C. The summed E-state index contributed by atoms with van der Waals surface area (Å²) in [7, 11) is -1.41. The summed E-state index contributed by atoms with van der Waals surface area (Å²) in [5.41, 5.74) is 10.4. The molecule has 0 aliphatic rings. The molecule has 15 heavy (non-hydrogen) atoms. The first kappa shape index (κ1) is 12.0. The van der Waals surface area contributed by atoms with Crippen molar-refractivity contribution in [2.45, 2.75) is 25.7 Å². The van der Waals surface area contributed by atoms with E-state index in [4.69, 9.17) is 5.73 Å². The monoisotopic (exact) mass is 217 g/mol. The standard InChI is InChI=1S/C13H19NSi/c1-5-12(15(2,3)4)13(14)11-9-7-6-8-10-11/h6-10,13H,1,14H2,2-4H3/t13-/m0/s1. The van der Waals surface area contributed by atoms with Crippen LogP contribution >= 0.6 is 0 Å². The van der Waals surface area contributed by atoms with Crippen LogP contribution in [-0.2, 0) is 0 Å². The molecular weight excluding hydrogens is 198 g/mol. The zero-order chi connectivity index (χ0) is 11.5. The Hall–Kier alpha value is -1.08. The van der Waals surface area contributed by atoms with E-state index >= 15 is 0 Å². The van der Waals surface area contributed by atoms with Gasteiger partial charge < -0.3 is 5.73 Å². The third-order valence-electron chi connectivity index (χ3n) is 2.47. The second-order valence-electron chi connectivity index (χ2n) is 4.73. The summed E-state index contributed by atoms with van der Waals surface area (Å²) < 4.78 is 0. The molecule has 0 unspecified atom stereocenters. The summed E-state index contributed by atoms with van der Waals surface area (Å²) in [6.07, 6.45) is 0.